The van der Waals surface area contributed by atoms with Crippen LogP contribution in [0.5, 0.6) is 5.75 Å². The third kappa shape index (κ3) is 21.5. The van der Waals surface area contributed by atoms with E-state index < -0.39 is 139 Å². The van der Waals surface area contributed by atoms with E-state index in [1.807, 2.05) is 6.07 Å². The number of guanidine groups is 1. The van der Waals surface area contributed by atoms with Gasteiger partial charge >= 0.3 is 5.97 Å². The second kappa shape index (κ2) is 35.1. The summed E-state index contributed by atoms with van der Waals surface area (Å²) in [6, 6.07) is 6.83. The number of nitrogens with two attached hydrogens (primary N) is 4. The molecule has 0 bridgehead atoms. The molecule has 4 heterocycles. The van der Waals surface area contributed by atoms with E-state index in [1.165, 1.54) is 53.0 Å². The fourth-order valence-electron chi connectivity index (χ4n) is 10.8. The Morgan fingerprint density at radius 1 is 0.698 bits per heavy atom. The van der Waals surface area contributed by atoms with Crippen molar-refractivity contribution in [2.75, 3.05) is 26.2 Å². The van der Waals surface area contributed by atoms with E-state index in [9.17, 15) is 58.5 Å². The van der Waals surface area contributed by atoms with Gasteiger partial charge in [-0.15, -0.1) is 11.3 Å². The molecule has 3 aromatic carbocycles. The number of hydrogen-bond donors (Lipinski definition) is 17. The van der Waals surface area contributed by atoms with Gasteiger partial charge in [0.2, 0.25) is 59.1 Å². The van der Waals surface area contributed by atoms with Crippen LogP contribution in [0.3, 0.4) is 0 Å². The zero-order valence-electron chi connectivity index (χ0n) is 52.9. The molecule has 9 atom stereocenters. The number of thiazole rings is 1. The SMILES string of the molecule is CC(C)C[C@H](NC(=O)[C@H](Cc1nc2ccccc2s1)NC(=O)[C@H](Cc1ccc(O)cc1)NC(=O)[C@H](CO)NC(=O)[C@H](Cc1c[nH]c2ccccc12)NC(=O)[C@H](Cc1cnc[nH]1)NC(=O)[C@@H](N)CCC(=O)O)C(=O)N[C@@H](CCCN=C(N)N)C(=O)N1CCC[C@@H]1C(=O)NCC(N)=O. The topological polar surface area (TPSA) is 522 Å². The number of nitrogens with zero attached hydrogens (tertiary/aromatic N) is 4. The average Bonchev–Trinajstić information content (AvgIpc) is 1.66. The molecule has 32 nitrogen and oxygen atoms in total. The quantitative estimate of drug-likeness (QED) is 0.0112. The van der Waals surface area contributed by atoms with Gasteiger partial charge < -0.3 is 95.7 Å². The number of aliphatic hydroxyl groups is 1. The lowest BCUT2D eigenvalue weighted by Crippen LogP contribution is -2.61. The highest BCUT2D eigenvalue weighted by atomic mass is 32.1. The van der Waals surface area contributed by atoms with Crippen molar-refractivity contribution in [1.82, 2.24) is 67.4 Å². The van der Waals surface area contributed by atoms with Crippen molar-refractivity contribution >= 4 is 103 Å². The summed E-state index contributed by atoms with van der Waals surface area (Å²) in [5.74, 6) is -10.4. The summed E-state index contributed by atoms with van der Waals surface area (Å²) < 4.78 is 0.740. The Kier molecular flexibility index (Phi) is 26.6. The van der Waals surface area contributed by atoms with Crippen LogP contribution in [0.15, 0.2) is 96.5 Å². The minimum absolute atomic E-state index is 0.00346. The number of carbonyl (C=O) groups excluding carboxylic acids is 10. The number of imidazole rings is 1. The molecule has 33 heteroatoms. The average molecular weight is 1350 g/mol. The lowest BCUT2D eigenvalue weighted by molar-refractivity contribution is -0.142. The Morgan fingerprint density at radius 2 is 1.29 bits per heavy atom. The molecule has 1 aliphatic rings. The maximum Gasteiger partial charge on any atom is 0.303 e. The predicted molar refractivity (Wildman–Crippen MR) is 351 cm³/mol. The molecule has 1 fully saturated rings. The van der Waals surface area contributed by atoms with E-state index in [-0.39, 0.29) is 88.5 Å². The van der Waals surface area contributed by atoms with Gasteiger partial charge in [0.15, 0.2) is 5.96 Å². The molecule has 0 radical (unpaired) electrons. The molecule has 0 saturated carbocycles. The van der Waals surface area contributed by atoms with Gasteiger partial charge in [0.25, 0.3) is 0 Å². The van der Waals surface area contributed by atoms with E-state index in [0.717, 1.165) is 4.70 Å². The first-order valence-corrected chi connectivity index (χ1v) is 31.9. The van der Waals surface area contributed by atoms with Gasteiger partial charge in [-0.1, -0.05) is 56.3 Å². The molecule has 0 aliphatic carbocycles. The summed E-state index contributed by atoms with van der Waals surface area (Å²) in [6.07, 6.45) is 3.47. The van der Waals surface area contributed by atoms with Gasteiger partial charge in [0.1, 0.15) is 54.1 Å². The number of aliphatic hydroxyl groups excluding tert-OH is 1. The molecule has 0 unspecified atom stereocenters. The molecule has 1 aliphatic heterocycles. The Bertz CT molecular complexity index is 3710. The number of rotatable bonds is 36. The Morgan fingerprint density at radius 3 is 1.93 bits per heavy atom. The van der Waals surface area contributed by atoms with Crippen LogP contribution in [0.25, 0.3) is 21.1 Å². The minimum Gasteiger partial charge on any atom is -0.508 e. The van der Waals surface area contributed by atoms with Crippen LogP contribution >= 0.6 is 11.3 Å². The van der Waals surface area contributed by atoms with E-state index in [0.29, 0.717) is 44.7 Å². The van der Waals surface area contributed by atoms with Gasteiger partial charge in [-0.05, 0) is 85.9 Å². The maximum absolute atomic E-state index is 15.1. The van der Waals surface area contributed by atoms with E-state index in [4.69, 9.17) is 27.9 Å². The third-order valence-corrected chi connectivity index (χ3v) is 16.8. The second-order valence-electron chi connectivity index (χ2n) is 23.6. The van der Waals surface area contributed by atoms with Crippen LogP contribution in [0.1, 0.15) is 80.6 Å². The number of primary amides is 1. The number of para-hydroxylation sites is 2. The van der Waals surface area contributed by atoms with Gasteiger partial charge in [-0.25, -0.2) is 9.97 Å². The number of phenolic OH excluding ortho intramolecular Hbond substituents is 1. The second-order valence-corrected chi connectivity index (χ2v) is 24.7. The molecule has 1 saturated heterocycles. The number of hydrogen-bond acceptors (Lipinski definition) is 18. The van der Waals surface area contributed by atoms with Crippen LogP contribution in [0.2, 0.25) is 0 Å². The predicted octanol–water partition coefficient (Wildman–Crippen LogP) is -2.25. The number of fused-ring (bicyclic) bond motifs is 2. The molecule has 96 heavy (non-hydrogen) atoms. The molecule has 21 N–H and O–H groups in total. The summed E-state index contributed by atoms with van der Waals surface area (Å²) >= 11 is 1.22. The molecule has 3 aromatic heterocycles. The first kappa shape index (κ1) is 72.9. The van der Waals surface area contributed by atoms with Crippen molar-refractivity contribution < 1.29 is 68.1 Å². The van der Waals surface area contributed by atoms with Gasteiger partial charge in [-0.3, -0.25) is 57.7 Å². The summed E-state index contributed by atoms with van der Waals surface area (Å²) in [5.41, 5.74) is 25.0. The van der Waals surface area contributed by atoms with Crippen LogP contribution in [0, 0.1) is 5.92 Å². The zero-order valence-corrected chi connectivity index (χ0v) is 53.7. The normalized spacial score (nSPS) is 15.3. The minimum atomic E-state index is -1.84. The highest BCUT2D eigenvalue weighted by molar-refractivity contribution is 7.18. The molecule has 6 aromatic rings. The number of aromatic amines is 2. The van der Waals surface area contributed by atoms with Gasteiger partial charge in [0.05, 0.1) is 40.7 Å². The fourth-order valence-corrected chi connectivity index (χ4v) is 11.8. The highest BCUT2D eigenvalue weighted by Crippen LogP contribution is 2.25. The largest absolute Gasteiger partial charge is 0.508 e. The lowest BCUT2D eigenvalue weighted by atomic mass is 10.0. The molecule has 7 rings (SSSR count). The summed E-state index contributed by atoms with van der Waals surface area (Å²) in [7, 11) is 0. The standard InChI is InChI=1S/C63H82N18O14S/c1-33(2)23-43(55(88)74-42(12-7-21-69-63(66)67)62(95)81-22-8-13-49(81)61(94)71-30-51(65)84)76-59(92)47(27-52-73-41-11-5-6-14-50(41)96-52)79-56(89)44(24-34-15-17-37(83)18-16-34)77-60(93)48(31-82)80-57(90)45(25-35-28-70-40-10-4-3-9-38(35)40)78-58(91)46(26-36-29-68-32-72-36)75-54(87)39(64)19-20-53(85)86/h3-6,9-11,14-18,28-29,32-33,39,42-49,70,82-83H,7-8,12-13,19-27,30-31,64H2,1-2H3,(H2,65,84)(H,68,72)(H,71,94)(H,74,88)(H,75,87)(H,76,92)(H,77,93)(H,78,91)(H,79,89)(H,80,90)(H,85,86)(H4,66,67,69)/t39-,42-,43-,44-,45-,46-,47-,48-,49+/m0/s1. The number of aliphatic carboxylic acids is 1. The molecule has 0 spiro atoms. The van der Waals surface area contributed by atoms with E-state index in [2.05, 4.69) is 62.5 Å². The number of carboxylic acids is 1. The number of carbonyl (C=O) groups is 11. The number of aromatic hydroxyl groups is 1. The zero-order chi connectivity index (χ0) is 69.6. The van der Waals surface area contributed by atoms with Gasteiger partial charge in [0, 0.05) is 74.2 Å². The molecular formula is C63H82N18O14S. The van der Waals surface area contributed by atoms with Crippen molar-refractivity contribution in [2.45, 2.75) is 139 Å². The number of H-pyrrole nitrogens is 2. The third-order valence-electron chi connectivity index (χ3n) is 15.7. The number of benzene rings is 3. The first-order chi connectivity index (χ1) is 45.8. The molecule has 514 valence electrons. The molecule has 10 amide bonds. The van der Waals surface area contributed by atoms with Crippen molar-refractivity contribution in [1.29, 1.82) is 0 Å². The first-order valence-electron chi connectivity index (χ1n) is 31.1. The van der Waals surface area contributed by atoms with Crippen LogP contribution in [0.4, 0.5) is 0 Å². The van der Waals surface area contributed by atoms with E-state index in [1.54, 1.807) is 62.5 Å². The van der Waals surface area contributed by atoms with Crippen LogP contribution < -0.4 is 65.5 Å². The lowest BCUT2D eigenvalue weighted by Gasteiger charge is -2.30. The Balaban J connectivity index is 1.16. The molecular weight excluding hydrogens is 1260 g/mol. The number of nitrogens with one attached hydrogen (secondary N) is 10. The number of likely N-dealkylation sites (tertiary alicyclic amines) is 1. The van der Waals surface area contributed by atoms with Crippen molar-refractivity contribution in [3.63, 3.8) is 0 Å². The summed E-state index contributed by atoms with van der Waals surface area (Å²) in [5, 5.41) is 52.4. The van der Waals surface area contributed by atoms with Crippen LogP contribution in [-0.2, 0) is 78.4 Å². The summed E-state index contributed by atoms with van der Waals surface area (Å²) in [4.78, 5) is 172. The monoisotopic (exact) mass is 1350 g/mol. The summed E-state index contributed by atoms with van der Waals surface area (Å²) in [6.45, 7) is 2.24. The Labute approximate surface area is 554 Å². The van der Waals surface area contributed by atoms with Crippen molar-refractivity contribution in [2.24, 2.45) is 33.8 Å². The van der Waals surface area contributed by atoms with Crippen molar-refractivity contribution in [3.8, 4) is 5.75 Å². The smallest absolute Gasteiger partial charge is 0.303 e. The van der Waals surface area contributed by atoms with E-state index >= 15 is 9.59 Å². The number of aliphatic imine (C=N–C) groups is 1. The maximum atomic E-state index is 15.1. The highest BCUT2D eigenvalue weighted by Gasteiger charge is 2.40. The van der Waals surface area contributed by atoms with Crippen molar-refractivity contribution in [3.05, 3.63) is 113 Å². The number of carboxylic acid groups (broad SMARTS) is 1. The van der Waals surface area contributed by atoms with Crippen LogP contribution in [-0.4, -0.2) is 192 Å². The number of phenols is 1. The number of amides is 10. The number of aromatic nitrogens is 4. The Hall–Kier alpha value is -10.5. The van der Waals surface area contributed by atoms with Gasteiger partial charge in [-0.2, -0.15) is 0 Å². The fraction of sp³-hybridized carbons (Fsp3) is 0.429.